The molecule has 0 atom stereocenters. The fourth-order valence-corrected chi connectivity index (χ4v) is 1.14. The molecule has 3 heteroatoms. The van der Waals surface area contributed by atoms with E-state index in [9.17, 15) is 4.39 Å². The molecule has 1 aromatic rings. The van der Waals surface area contributed by atoms with E-state index in [0.29, 0.717) is 17.3 Å². The van der Waals surface area contributed by atoms with E-state index >= 15 is 0 Å². The fourth-order valence-electron chi connectivity index (χ4n) is 0.895. The largest absolute Gasteiger partial charge is 0.206 e. The summed E-state index contributed by atoms with van der Waals surface area (Å²) in [6.45, 7) is 0. The van der Waals surface area contributed by atoms with Crippen LogP contribution in [0, 0.1) is 17.1 Å². The fraction of sp³-hybridized carbons (Fsp3) is 0.222. The molecule has 0 saturated carbocycles. The maximum atomic E-state index is 12.9. The molecule has 0 aliphatic rings. The van der Waals surface area contributed by atoms with E-state index in [-0.39, 0.29) is 5.82 Å². The number of nitrogens with zero attached hydrogens (tertiary/aromatic N) is 1. The number of hydrogen-bond acceptors (Lipinski definition) is 1. The van der Waals surface area contributed by atoms with Crippen molar-refractivity contribution in [2.24, 2.45) is 0 Å². The molecule has 0 radical (unpaired) electrons. The van der Waals surface area contributed by atoms with Gasteiger partial charge in [0, 0.05) is 6.42 Å². The van der Waals surface area contributed by atoms with Crippen LogP contribution in [0.25, 0.3) is 0 Å². The Morgan fingerprint density at radius 2 is 2.25 bits per heavy atom. The van der Waals surface area contributed by atoms with Gasteiger partial charge in [-0.25, -0.2) is 4.39 Å². The van der Waals surface area contributed by atoms with E-state index in [4.69, 9.17) is 5.26 Å². The second-order valence-electron chi connectivity index (χ2n) is 2.41. The van der Waals surface area contributed by atoms with Crippen molar-refractivity contribution in [3.8, 4) is 6.07 Å². The molecule has 0 N–H and O–H groups in total. The first-order valence-corrected chi connectivity index (χ1v) is 4.34. The van der Waals surface area contributed by atoms with E-state index in [1.54, 1.807) is 6.07 Å². The zero-order valence-corrected chi connectivity index (χ0v) is 7.94. The molecule has 1 aromatic carbocycles. The Balaban J connectivity index is 2.77. The summed E-state index contributed by atoms with van der Waals surface area (Å²) in [7, 11) is 0. The zero-order chi connectivity index (χ0) is 8.97. The molecule has 62 valence electrons. The first-order chi connectivity index (χ1) is 5.74. The van der Waals surface area contributed by atoms with Crippen molar-refractivity contribution in [3.63, 3.8) is 0 Å². The highest BCUT2D eigenvalue weighted by Crippen LogP contribution is 2.16. The van der Waals surface area contributed by atoms with Gasteiger partial charge in [-0.05, 0) is 40.0 Å². The highest BCUT2D eigenvalue weighted by molar-refractivity contribution is 9.10. The Hall–Kier alpha value is -0.880. The molecule has 0 saturated heterocycles. The van der Waals surface area contributed by atoms with Gasteiger partial charge < -0.3 is 0 Å². The van der Waals surface area contributed by atoms with Crippen molar-refractivity contribution in [3.05, 3.63) is 34.1 Å². The van der Waals surface area contributed by atoms with Crippen molar-refractivity contribution in [2.45, 2.75) is 12.8 Å². The van der Waals surface area contributed by atoms with Crippen LogP contribution in [0.4, 0.5) is 4.39 Å². The molecule has 12 heavy (non-hydrogen) atoms. The molecule has 1 rings (SSSR count). The molecule has 0 fully saturated rings. The van der Waals surface area contributed by atoms with E-state index in [1.165, 1.54) is 6.07 Å². The number of hydrogen-bond donors (Lipinski definition) is 0. The quantitative estimate of drug-likeness (QED) is 0.763. The first kappa shape index (κ1) is 9.21. The highest BCUT2D eigenvalue weighted by atomic mass is 79.9. The van der Waals surface area contributed by atoms with Gasteiger partial charge in [0.15, 0.2) is 0 Å². The average molecular weight is 228 g/mol. The van der Waals surface area contributed by atoms with Gasteiger partial charge in [0.25, 0.3) is 0 Å². The van der Waals surface area contributed by atoms with Gasteiger partial charge in [-0.15, -0.1) is 0 Å². The average Bonchev–Trinajstić information content (AvgIpc) is 2.07. The molecule has 0 unspecified atom stereocenters. The van der Waals surface area contributed by atoms with Gasteiger partial charge in [0.2, 0.25) is 0 Å². The maximum absolute atomic E-state index is 12.9. The SMILES string of the molecule is N#CCCc1ccc(Br)c(F)c1. The molecule has 1 nitrogen and oxygen atoms in total. The zero-order valence-electron chi connectivity index (χ0n) is 6.35. The Labute approximate surface area is 79.0 Å². The summed E-state index contributed by atoms with van der Waals surface area (Å²) < 4.78 is 13.3. The summed E-state index contributed by atoms with van der Waals surface area (Å²) >= 11 is 3.06. The van der Waals surface area contributed by atoms with Crippen molar-refractivity contribution >= 4 is 15.9 Å². The third-order valence-electron chi connectivity index (χ3n) is 1.51. The van der Waals surface area contributed by atoms with Crippen LogP contribution in [-0.2, 0) is 6.42 Å². The molecule has 0 spiro atoms. The van der Waals surface area contributed by atoms with Crippen LogP contribution < -0.4 is 0 Å². The maximum Gasteiger partial charge on any atom is 0.137 e. The highest BCUT2D eigenvalue weighted by Gasteiger charge is 1.99. The Morgan fingerprint density at radius 1 is 1.50 bits per heavy atom. The molecular formula is C9H7BrFN. The van der Waals surface area contributed by atoms with Gasteiger partial charge in [-0.1, -0.05) is 6.07 Å². The molecule has 0 aromatic heterocycles. The Bertz CT molecular complexity index is 317. The smallest absolute Gasteiger partial charge is 0.137 e. The summed E-state index contributed by atoms with van der Waals surface area (Å²) in [5.74, 6) is -0.273. The minimum atomic E-state index is -0.273. The van der Waals surface area contributed by atoms with Crippen molar-refractivity contribution in [1.29, 1.82) is 5.26 Å². The molecule has 0 amide bonds. The lowest BCUT2D eigenvalue weighted by Crippen LogP contribution is -1.85. The van der Waals surface area contributed by atoms with E-state index in [2.05, 4.69) is 15.9 Å². The lowest BCUT2D eigenvalue weighted by Gasteiger charge is -1.98. The number of halogens is 2. The molecule has 0 aliphatic carbocycles. The number of rotatable bonds is 2. The van der Waals surface area contributed by atoms with Crippen LogP contribution in [-0.4, -0.2) is 0 Å². The predicted octanol–water partition coefficient (Wildman–Crippen LogP) is 3.04. The molecule has 0 bridgehead atoms. The van der Waals surface area contributed by atoms with E-state index in [0.717, 1.165) is 5.56 Å². The molecular weight excluding hydrogens is 221 g/mol. The van der Waals surface area contributed by atoms with Crippen LogP contribution in [0.3, 0.4) is 0 Å². The van der Waals surface area contributed by atoms with Crippen LogP contribution in [0.5, 0.6) is 0 Å². The minimum absolute atomic E-state index is 0.273. The van der Waals surface area contributed by atoms with Gasteiger partial charge in [-0.3, -0.25) is 0 Å². The molecule has 0 aliphatic heterocycles. The van der Waals surface area contributed by atoms with Crippen molar-refractivity contribution < 1.29 is 4.39 Å². The number of benzene rings is 1. The summed E-state index contributed by atoms with van der Waals surface area (Å²) in [4.78, 5) is 0. The summed E-state index contributed by atoms with van der Waals surface area (Å²) in [6, 6.07) is 6.93. The normalized spacial score (nSPS) is 9.42. The van der Waals surface area contributed by atoms with E-state index in [1.807, 2.05) is 12.1 Å². The summed E-state index contributed by atoms with van der Waals surface area (Å²) in [5, 5.41) is 8.30. The summed E-state index contributed by atoms with van der Waals surface area (Å²) in [6.07, 6.45) is 1.04. The lowest BCUT2D eigenvalue weighted by atomic mass is 10.1. The Morgan fingerprint density at radius 3 is 2.83 bits per heavy atom. The third kappa shape index (κ3) is 2.31. The Kier molecular flexibility index (Phi) is 3.24. The van der Waals surface area contributed by atoms with E-state index < -0.39 is 0 Å². The van der Waals surface area contributed by atoms with Crippen molar-refractivity contribution in [1.82, 2.24) is 0 Å². The van der Waals surface area contributed by atoms with Crippen LogP contribution in [0.1, 0.15) is 12.0 Å². The van der Waals surface area contributed by atoms with Crippen LogP contribution >= 0.6 is 15.9 Å². The summed E-state index contributed by atoms with van der Waals surface area (Å²) in [5.41, 5.74) is 0.859. The predicted molar refractivity (Wildman–Crippen MR) is 48.0 cm³/mol. The van der Waals surface area contributed by atoms with Gasteiger partial charge in [-0.2, -0.15) is 5.26 Å². The van der Waals surface area contributed by atoms with Gasteiger partial charge in [0.05, 0.1) is 10.5 Å². The van der Waals surface area contributed by atoms with Crippen LogP contribution in [0.2, 0.25) is 0 Å². The van der Waals surface area contributed by atoms with Crippen molar-refractivity contribution in [2.75, 3.05) is 0 Å². The van der Waals surface area contributed by atoms with Gasteiger partial charge >= 0.3 is 0 Å². The minimum Gasteiger partial charge on any atom is -0.206 e. The number of aryl methyl sites for hydroxylation is 1. The second-order valence-corrected chi connectivity index (χ2v) is 3.26. The third-order valence-corrected chi connectivity index (χ3v) is 2.15. The first-order valence-electron chi connectivity index (χ1n) is 3.55. The topological polar surface area (TPSA) is 23.8 Å². The molecule has 0 heterocycles. The number of nitriles is 1. The standard InChI is InChI=1S/C9H7BrFN/c10-8-4-3-7(2-1-5-12)6-9(8)11/h3-4,6H,1-2H2. The lowest BCUT2D eigenvalue weighted by molar-refractivity contribution is 0.618. The van der Waals surface area contributed by atoms with Gasteiger partial charge in [0.1, 0.15) is 5.82 Å². The monoisotopic (exact) mass is 227 g/mol. The second kappa shape index (κ2) is 4.22. The van der Waals surface area contributed by atoms with Crippen LogP contribution in [0.15, 0.2) is 22.7 Å².